The number of rotatable bonds is 1. The Bertz CT molecular complexity index is 1140. The molecule has 4 rings (SSSR count). The smallest absolute Gasteiger partial charge is 0.344 e. The summed E-state index contributed by atoms with van der Waals surface area (Å²) in [5.41, 5.74) is 5.99. The SMILES string of the molecule is N#CC1=C(N)Oc2ccccc2C1c1c(O)c2ccccc2oc1=O. The van der Waals surface area contributed by atoms with Crippen LogP contribution in [0, 0.1) is 11.3 Å². The van der Waals surface area contributed by atoms with Gasteiger partial charge in [-0.1, -0.05) is 30.3 Å². The first-order valence-corrected chi connectivity index (χ1v) is 7.53. The number of allylic oxidation sites excluding steroid dienone is 1. The van der Waals surface area contributed by atoms with E-state index in [2.05, 4.69) is 0 Å². The molecule has 1 aromatic heterocycles. The van der Waals surface area contributed by atoms with Crippen molar-refractivity contribution < 1.29 is 14.3 Å². The van der Waals surface area contributed by atoms with Crippen LogP contribution in [0.4, 0.5) is 0 Å². The normalized spacial score (nSPS) is 16.2. The predicted molar refractivity (Wildman–Crippen MR) is 89.9 cm³/mol. The van der Waals surface area contributed by atoms with Crippen LogP contribution in [0.15, 0.2) is 69.2 Å². The van der Waals surface area contributed by atoms with Crippen LogP contribution in [-0.4, -0.2) is 5.11 Å². The molecule has 0 amide bonds. The van der Waals surface area contributed by atoms with Crippen molar-refractivity contribution >= 4 is 11.0 Å². The fourth-order valence-corrected chi connectivity index (χ4v) is 3.11. The maximum atomic E-state index is 12.6. The Kier molecular flexibility index (Phi) is 3.22. The number of aromatic hydroxyl groups is 1. The van der Waals surface area contributed by atoms with Gasteiger partial charge in [0.15, 0.2) is 0 Å². The van der Waals surface area contributed by atoms with Gasteiger partial charge in [0.2, 0.25) is 5.88 Å². The fraction of sp³-hybridized carbons (Fsp3) is 0.0526. The van der Waals surface area contributed by atoms with Crippen LogP contribution in [-0.2, 0) is 0 Å². The van der Waals surface area contributed by atoms with Gasteiger partial charge in [-0.15, -0.1) is 0 Å². The first-order chi connectivity index (χ1) is 12.1. The second-order valence-corrected chi connectivity index (χ2v) is 5.61. The Morgan fingerprint density at radius 2 is 1.84 bits per heavy atom. The van der Waals surface area contributed by atoms with Crippen LogP contribution in [0.25, 0.3) is 11.0 Å². The highest BCUT2D eigenvalue weighted by Crippen LogP contribution is 2.44. The number of para-hydroxylation sites is 2. The van der Waals surface area contributed by atoms with E-state index in [-0.39, 0.29) is 28.4 Å². The quantitative estimate of drug-likeness (QED) is 0.663. The molecule has 0 saturated heterocycles. The van der Waals surface area contributed by atoms with Gasteiger partial charge >= 0.3 is 5.63 Å². The molecular weight excluding hydrogens is 320 g/mol. The molecule has 3 aromatic rings. The molecule has 1 aliphatic rings. The molecule has 122 valence electrons. The van der Waals surface area contributed by atoms with Crippen molar-refractivity contribution in [2.45, 2.75) is 5.92 Å². The number of nitrogens with zero attached hydrogens (tertiary/aromatic N) is 1. The molecule has 2 heterocycles. The van der Waals surface area contributed by atoms with E-state index < -0.39 is 11.5 Å². The summed E-state index contributed by atoms with van der Waals surface area (Å²) in [6.07, 6.45) is 0. The van der Waals surface area contributed by atoms with Gasteiger partial charge in [-0.2, -0.15) is 5.26 Å². The molecular formula is C19H12N2O4. The minimum atomic E-state index is -0.865. The Balaban J connectivity index is 2.09. The van der Waals surface area contributed by atoms with Crippen LogP contribution in [0.5, 0.6) is 11.5 Å². The zero-order valence-electron chi connectivity index (χ0n) is 12.9. The van der Waals surface area contributed by atoms with E-state index in [1.807, 2.05) is 6.07 Å². The molecule has 6 nitrogen and oxygen atoms in total. The summed E-state index contributed by atoms with van der Waals surface area (Å²) in [6.45, 7) is 0. The lowest BCUT2D eigenvalue weighted by Crippen LogP contribution is -2.24. The summed E-state index contributed by atoms with van der Waals surface area (Å²) in [5, 5.41) is 20.7. The second kappa shape index (κ2) is 5.42. The molecule has 0 bridgehead atoms. The molecule has 1 atom stereocenters. The molecule has 1 unspecified atom stereocenters. The summed E-state index contributed by atoms with van der Waals surface area (Å²) >= 11 is 0. The Morgan fingerprint density at radius 3 is 2.64 bits per heavy atom. The molecule has 1 aliphatic heterocycles. The van der Waals surface area contributed by atoms with Crippen LogP contribution >= 0.6 is 0 Å². The van der Waals surface area contributed by atoms with Crippen molar-refractivity contribution in [1.29, 1.82) is 5.26 Å². The van der Waals surface area contributed by atoms with Gasteiger partial charge in [-0.3, -0.25) is 0 Å². The first kappa shape index (κ1) is 14.8. The standard InChI is InChI=1S/C19H12N2O4/c20-9-12-15(10-5-1-3-7-13(10)24-18(12)21)16-17(22)11-6-2-4-8-14(11)25-19(16)23/h1-8,15,22H,21H2. The number of nitrogens with two attached hydrogens (primary N) is 1. The third-order valence-corrected chi connectivity index (χ3v) is 4.23. The Hall–Kier alpha value is -3.72. The lowest BCUT2D eigenvalue weighted by molar-refractivity contribution is 0.389. The molecule has 0 spiro atoms. The molecule has 25 heavy (non-hydrogen) atoms. The zero-order valence-corrected chi connectivity index (χ0v) is 12.9. The topological polar surface area (TPSA) is 109 Å². The third kappa shape index (κ3) is 2.14. The fourth-order valence-electron chi connectivity index (χ4n) is 3.11. The number of hydrogen-bond donors (Lipinski definition) is 2. The highest BCUT2D eigenvalue weighted by Gasteiger charge is 2.35. The maximum absolute atomic E-state index is 12.6. The highest BCUT2D eigenvalue weighted by molar-refractivity contribution is 5.84. The number of ether oxygens (including phenoxy) is 1. The minimum Gasteiger partial charge on any atom is -0.507 e. The van der Waals surface area contributed by atoms with Gasteiger partial charge in [0, 0.05) is 5.56 Å². The van der Waals surface area contributed by atoms with Gasteiger partial charge in [0.05, 0.1) is 16.9 Å². The average molecular weight is 332 g/mol. The molecule has 0 aliphatic carbocycles. The van der Waals surface area contributed by atoms with E-state index in [4.69, 9.17) is 14.9 Å². The van der Waals surface area contributed by atoms with Crippen LogP contribution < -0.4 is 16.1 Å². The average Bonchev–Trinajstić information content (AvgIpc) is 2.61. The third-order valence-electron chi connectivity index (χ3n) is 4.23. The molecule has 0 radical (unpaired) electrons. The molecule has 0 fully saturated rings. The van der Waals surface area contributed by atoms with Crippen molar-refractivity contribution in [2.24, 2.45) is 5.73 Å². The van der Waals surface area contributed by atoms with Crippen molar-refractivity contribution in [2.75, 3.05) is 0 Å². The number of nitriles is 1. The lowest BCUT2D eigenvalue weighted by atomic mass is 9.83. The summed E-state index contributed by atoms with van der Waals surface area (Å²) in [6, 6.07) is 15.5. The maximum Gasteiger partial charge on any atom is 0.344 e. The monoisotopic (exact) mass is 332 g/mol. The van der Waals surface area contributed by atoms with E-state index in [0.717, 1.165) is 0 Å². The van der Waals surface area contributed by atoms with Gasteiger partial charge in [0.25, 0.3) is 0 Å². The van der Waals surface area contributed by atoms with E-state index in [1.165, 1.54) is 0 Å². The van der Waals surface area contributed by atoms with E-state index in [9.17, 15) is 15.2 Å². The van der Waals surface area contributed by atoms with Crippen molar-refractivity contribution in [3.63, 3.8) is 0 Å². The highest BCUT2D eigenvalue weighted by atomic mass is 16.5. The molecule has 2 aromatic carbocycles. The van der Waals surface area contributed by atoms with Crippen LogP contribution in [0.1, 0.15) is 17.0 Å². The number of hydrogen-bond acceptors (Lipinski definition) is 6. The Morgan fingerprint density at radius 1 is 1.12 bits per heavy atom. The van der Waals surface area contributed by atoms with E-state index in [0.29, 0.717) is 16.7 Å². The number of benzene rings is 2. The minimum absolute atomic E-state index is 0.0334. The van der Waals surface area contributed by atoms with Crippen molar-refractivity contribution in [1.82, 2.24) is 0 Å². The number of fused-ring (bicyclic) bond motifs is 2. The van der Waals surface area contributed by atoms with Gasteiger partial charge < -0.3 is 20.0 Å². The van der Waals surface area contributed by atoms with E-state index >= 15 is 0 Å². The zero-order chi connectivity index (χ0) is 17.6. The van der Waals surface area contributed by atoms with E-state index in [1.54, 1.807) is 48.5 Å². The second-order valence-electron chi connectivity index (χ2n) is 5.61. The molecule has 6 heteroatoms. The summed E-state index contributed by atoms with van der Waals surface area (Å²) in [5.74, 6) is -0.765. The van der Waals surface area contributed by atoms with Gasteiger partial charge in [-0.25, -0.2) is 4.79 Å². The van der Waals surface area contributed by atoms with Gasteiger partial charge in [-0.05, 0) is 18.2 Å². The van der Waals surface area contributed by atoms with Crippen molar-refractivity contribution in [3.05, 3.63) is 81.5 Å². The Labute approximate surface area is 142 Å². The predicted octanol–water partition coefficient (Wildman–Crippen LogP) is 2.72. The largest absolute Gasteiger partial charge is 0.507 e. The lowest BCUT2D eigenvalue weighted by Gasteiger charge is -2.26. The first-order valence-electron chi connectivity index (χ1n) is 7.53. The van der Waals surface area contributed by atoms with Gasteiger partial charge in [0.1, 0.15) is 28.7 Å². The van der Waals surface area contributed by atoms with Crippen LogP contribution in [0.3, 0.4) is 0 Å². The molecule has 3 N–H and O–H groups in total. The summed E-state index contributed by atoms with van der Waals surface area (Å²) < 4.78 is 10.8. The molecule has 0 saturated carbocycles. The van der Waals surface area contributed by atoms with Crippen molar-refractivity contribution in [3.8, 4) is 17.6 Å². The summed E-state index contributed by atoms with van der Waals surface area (Å²) in [7, 11) is 0. The summed E-state index contributed by atoms with van der Waals surface area (Å²) in [4.78, 5) is 12.6. The van der Waals surface area contributed by atoms with Crippen LogP contribution in [0.2, 0.25) is 0 Å².